The molecular formula is C31H38ClN3O6S. The van der Waals surface area contributed by atoms with Crippen LogP contribution in [0.2, 0.25) is 5.02 Å². The summed E-state index contributed by atoms with van der Waals surface area (Å²) in [5.74, 6) is -0.0986. The van der Waals surface area contributed by atoms with Crippen molar-refractivity contribution in [2.24, 2.45) is 0 Å². The van der Waals surface area contributed by atoms with Gasteiger partial charge in [0.15, 0.2) is 0 Å². The van der Waals surface area contributed by atoms with Crippen molar-refractivity contribution in [1.82, 2.24) is 10.2 Å². The molecule has 0 unspecified atom stereocenters. The minimum Gasteiger partial charge on any atom is -0.497 e. The number of hydrogen-bond donors (Lipinski definition) is 1. The van der Waals surface area contributed by atoms with E-state index in [0.717, 1.165) is 16.1 Å². The Bertz CT molecular complexity index is 1470. The second-order valence-corrected chi connectivity index (χ2v) is 12.3. The molecule has 3 aromatic carbocycles. The lowest BCUT2D eigenvalue weighted by molar-refractivity contribution is -0.140. The first-order valence-corrected chi connectivity index (χ1v) is 15.8. The van der Waals surface area contributed by atoms with Crippen LogP contribution in [0.4, 0.5) is 5.69 Å². The molecule has 2 atom stereocenters. The monoisotopic (exact) mass is 615 g/mol. The van der Waals surface area contributed by atoms with E-state index >= 15 is 0 Å². The first-order valence-electron chi connectivity index (χ1n) is 13.5. The molecular weight excluding hydrogens is 578 g/mol. The number of methoxy groups -OCH3 is 2. The molecule has 0 aliphatic carbocycles. The highest BCUT2D eigenvalue weighted by molar-refractivity contribution is 7.92. The van der Waals surface area contributed by atoms with E-state index < -0.39 is 28.5 Å². The number of carbonyl (C=O) groups is 2. The first-order chi connectivity index (χ1) is 20.0. The van der Waals surface area contributed by atoms with Gasteiger partial charge < -0.3 is 19.7 Å². The Balaban J connectivity index is 2.12. The summed E-state index contributed by atoms with van der Waals surface area (Å²) >= 11 is 6.21. The van der Waals surface area contributed by atoms with Gasteiger partial charge in [0.1, 0.15) is 24.1 Å². The number of carbonyl (C=O) groups excluding carboxylic acids is 2. The number of nitrogens with one attached hydrogen (secondary N) is 1. The molecule has 1 N–H and O–H groups in total. The first kappa shape index (κ1) is 32.8. The van der Waals surface area contributed by atoms with Gasteiger partial charge in [-0.3, -0.25) is 13.9 Å². The van der Waals surface area contributed by atoms with Crippen LogP contribution < -0.4 is 19.1 Å². The minimum atomic E-state index is -3.98. The maximum Gasteiger partial charge on any atom is 0.244 e. The fraction of sp³-hybridized carbons (Fsp3) is 0.355. The van der Waals surface area contributed by atoms with Crippen LogP contribution in [0.1, 0.15) is 31.4 Å². The maximum absolute atomic E-state index is 14.2. The van der Waals surface area contributed by atoms with Crippen LogP contribution in [0.25, 0.3) is 0 Å². The van der Waals surface area contributed by atoms with Crippen LogP contribution in [0.3, 0.4) is 0 Å². The minimum absolute atomic E-state index is 0.0335. The Morgan fingerprint density at radius 3 is 2.26 bits per heavy atom. The van der Waals surface area contributed by atoms with Gasteiger partial charge in [-0.25, -0.2) is 8.42 Å². The highest BCUT2D eigenvalue weighted by Crippen LogP contribution is 2.33. The molecule has 0 aromatic heterocycles. The summed E-state index contributed by atoms with van der Waals surface area (Å²) in [6, 6.07) is 20.0. The second-order valence-electron chi connectivity index (χ2n) is 9.98. The Morgan fingerprint density at radius 2 is 1.64 bits per heavy atom. The predicted octanol–water partition coefficient (Wildman–Crippen LogP) is 4.68. The Hall–Kier alpha value is -3.76. The summed E-state index contributed by atoms with van der Waals surface area (Å²) in [4.78, 5) is 29.4. The highest BCUT2D eigenvalue weighted by Gasteiger charge is 2.34. The average Bonchev–Trinajstić information content (AvgIpc) is 2.97. The summed E-state index contributed by atoms with van der Waals surface area (Å²) in [5, 5.41) is 3.28. The molecule has 0 aliphatic rings. The molecule has 0 radical (unpaired) electrons. The zero-order valence-electron chi connectivity index (χ0n) is 24.5. The SMILES string of the molecule is CC[C@H](C)NC(=O)[C@@H](Cc1ccccc1)N(Cc1cccc(OC)c1)C(=O)CN(c1cc(Cl)ccc1OC)S(C)(=O)=O. The lowest BCUT2D eigenvalue weighted by Gasteiger charge is -2.34. The van der Waals surface area contributed by atoms with Gasteiger partial charge in [-0.2, -0.15) is 0 Å². The van der Waals surface area contributed by atoms with E-state index in [-0.39, 0.29) is 41.4 Å². The van der Waals surface area contributed by atoms with Crippen LogP contribution in [-0.2, 0) is 32.6 Å². The van der Waals surface area contributed by atoms with Crippen molar-refractivity contribution in [3.8, 4) is 11.5 Å². The summed E-state index contributed by atoms with van der Waals surface area (Å²) < 4.78 is 37.8. The van der Waals surface area contributed by atoms with Gasteiger partial charge in [-0.15, -0.1) is 0 Å². The van der Waals surface area contributed by atoms with E-state index in [9.17, 15) is 18.0 Å². The molecule has 0 bridgehead atoms. The fourth-order valence-electron chi connectivity index (χ4n) is 4.42. The molecule has 2 amide bonds. The van der Waals surface area contributed by atoms with Crippen LogP contribution in [0.5, 0.6) is 11.5 Å². The Labute approximate surface area is 253 Å². The lowest BCUT2D eigenvalue weighted by atomic mass is 10.0. The number of anilines is 1. The van der Waals surface area contributed by atoms with Crippen LogP contribution in [-0.4, -0.2) is 64.2 Å². The van der Waals surface area contributed by atoms with Crippen LogP contribution in [0.15, 0.2) is 72.8 Å². The number of nitrogens with zero attached hydrogens (tertiary/aromatic N) is 2. The molecule has 226 valence electrons. The number of sulfonamides is 1. The van der Waals surface area contributed by atoms with E-state index in [4.69, 9.17) is 21.1 Å². The third kappa shape index (κ3) is 8.87. The number of halogens is 1. The number of hydrogen-bond acceptors (Lipinski definition) is 6. The largest absolute Gasteiger partial charge is 0.497 e. The smallest absolute Gasteiger partial charge is 0.244 e. The number of ether oxygens (including phenoxy) is 2. The molecule has 3 rings (SSSR count). The third-order valence-corrected chi connectivity index (χ3v) is 8.21. The van der Waals surface area contributed by atoms with E-state index in [1.165, 1.54) is 24.1 Å². The summed E-state index contributed by atoms with van der Waals surface area (Å²) in [7, 11) is -1.03. The van der Waals surface area contributed by atoms with E-state index in [1.807, 2.05) is 50.2 Å². The fourth-order valence-corrected chi connectivity index (χ4v) is 5.43. The number of rotatable bonds is 14. The molecule has 0 heterocycles. The predicted molar refractivity (Wildman–Crippen MR) is 166 cm³/mol. The van der Waals surface area contributed by atoms with Crippen molar-refractivity contribution in [1.29, 1.82) is 0 Å². The molecule has 0 saturated heterocycles. The average molecular weight is 616 g/mol. The standard InChI is InChI=1S/C31H38ClN3O6S/c1-6-22(2)33-31(37)28(18-23-11-8-7-9-12-23)34(20-24-13-10-14-26(17-24)40-3)30(36)21-35(42(5,38)39)27-19-25(32)15-16-29(27)41-4/h7-17,19,22,28H,6,18,20-21H2,1-5H3,(H,33,37)/t22-,28+/m0/s1. The third-order valence-electron chi connectivity index (χ3n) is 6.85. The summed E-state index contributed by atoms with van der Waals surface area (Å²) in [5.41, 5.74) is 1.68. The van der Waals surface area contributed by atoms with Crippen molar-refractivity contribution in [2.75, 3.05) is 31.3 Å². The van der Waals surface area contributed by atoms with E-state index in [0.29, 0.717) is 17.7 Å². The molecule has 11 heteroatoms. The van der Waals surface area contributed by atoms with Crippen molar-refractivity contribution in [3.05, 3.63) is 88.9 Å². The highest BCUT2D eigenvalue weighted by atomic mass is 35.5. The van der Waals surface area contributed by atoms with Crippen molar-refractivity contribution < 1.29 is 27.5 Å². The molecule has 0 aliphatic heterocycles. The van der Waals surface area contributed by atoms with Gasteiger partial charge in [0.25, 0.3) is 0 Å². The van der Waals surface area contributed by atoms with Gasteiger partial charge >= 0.3 is 0 Å². The van der Waals surface area contributed by atoms with Crippen molar-refractivity contribution in [3.63, 3.8) is 0 Å². The molecule has 42 heavy (non-hydrogen) atoms. The van der Waals surface area contributed by atoms with E-state index in [2.05, 4.69) is 5.32 Å². The Morgan fingerprint density at radius 1 is 0.952 bits per heavy atom. The lowest BCUT2D eigenvalue weighted by Crippen LogP contribution is -2.54. The van der Waals surface area contributed by atoms with Crippen LogP contribution in [0, 0.1) is 0 Å². The van der Waals surface area contributed by atoms with Gasteiger partial charge in [0.2, 0.25) is 21.8 Å². The zero-order chi connectivity index (χ0) is 30.9. The normalized spacial score (nSPS) is 12.6. The summed E-state index contributed by atoms with van der Waals surface area (Å²) in [6.07, 6.45) is 1.92. The quantitative estimate of drug-likeness (QED) is 0.282. The molecule has 0 saturated carbocycles. The van der Waals surface area contributed by atoms with Gasteiger partial charge in [0, 0.05) is 24.0 Å². The topological polar surface area (TPSA) is 105 Å². The number of amides is 2. The van der Waals surface area contributed by atoms with Crippen molar-refractivity contribution in [2.45, 2.75) is 45.3 Å². The number of benzene rings is 3. The van der Waals surface area contributed by atoms with Gasteiger partial charge in [-0.1, -0.05) is 61.0 Å². The van der Waals surface area contributed by atoms with E-state index in [1.54, 1.807) is 31.4 Å². The van der Waals surface area contributed by atoms with Gasteiger partial charge in [0.05, 0.1) is 26.2 Å². The van der Waals surface area contributed by atoms with Crippen molar-refractivity contribution >= 4 is 39.1 Å². The molecule has 3 aromatic rings. The van der Waals surface area contributed by atoms with Gasteiger partial charge in [-0.05, 0) is 54.8 Å². The summed E-state index contributed by atoms with van der Waals surface area (Å²) in [6.45, 7) is 3.30. The second kappa shape index (κ2) is 14.9. The zero-order valence-corrected chi connectivity index (χ0v) is 26.1. The molecule has 0 spiro atoms. The maximum atomic E-state index is 14.2. The Kier molecular flexibility index (Phi) is 11.6. The molecule has 0 fully saturated rings. The molecule has 9 nitrogen and oxygen atoms in total. The van der Waals surface area contributed by atoms with Crippen LogP contribution >= 0.6 is 11.6 Å².